The summed E-state index contributed by atoms with van der Waals surface area (Å²) in [7, 11) is 0. The van der Waals surface area contributed by atoms with Crippen LogP contribution in [0, 0.1) is 10.1 Å². The van der Waals surface area contributed by atoms with Gasteiger partial charge < -0.3 is 15.5 Å². The fourth-order valence-corrected chi connectivity index (χ4v) is 2.63. The summed E-state index contributed by atoms with van der Waals surface area (Å²) in [5.74, 6) is -0.00827. The maximum Gasteiger partial charge on any atom is 0.317 e. The van der Waals surface area contributed by atoms with Crippen LogP contribution >= 0.6 is 0 Å². The third kappa shape index (κ3) is 5.71. The molecule has 1 fully saturated rings. The number of nitrogens with one attached hydrogen (secondary N) is 2. The molecule has 1 aliphatic heterocycles. The zero-order valence-corrected chi connectivity index (χ0v) is 14.2. The second-order valence-corrected chi connectivity index (χ2v) is 5.80. The third-order valence-electron chi connectivity index (χ3n) is 3.97. The number of nitrogens with zero attached hydrogens (tertiary/aromatic N) is 3. The Morgan fingerprint density at radius 2 is 1.92 bits per heavy atom. The highest BCUT2D eigenvalue weighted by molar-refractivity contribution is 5.78. The van der Waals surface area contributed by atoms with Crippen LogP contribution in [0.2, 0.25) is 0 Å². The fourth-order valence-electron chi connectivity index (χ4n) is 2.63. The Bertz CT molecular complexity index is 629. The van der Waals surface area contributed by atoms with Crippen molar-refractivity contribution in [1.29, 1.82) is 0 Å². The first kappa shape index (κ1) is 18.7. The predicted octanol–water partition coefficient (Wildman–Crippen LogP) is 0.558. The first-order valence-corrected chi connectivity index (χ1v) is 8.24. The summed E-state index contributed by atoms with van der Waals surface area (Å²) in [6.07, 6.45) is 0. The molecule has 0 aliphatic carbocycles. The minimum absolute atomic E-state index is 0.00530. The fraction of sp³-hybridized carbons (Fsp3) is 0.500. The molecule has 2 rings (SSSR count). The summed E-state index contributed by atoms with van der Waals surface area (Å²) in [5, 5.41) is 16.3. The van der Waals surface area contributed by atoms with Gasteiger partial charge in [-0.2, -0.15) is 0 Å². The van der Waals surface area contributed by atoms with Gasteiger partial charge in [-0.1, -0.05) is 12.1 Å². The van der Waals surface area contributed by atoms with E-state index in [1.165, 1.54) is 12.1 Å². The van der Waals surface area contributed by atoms with Gasteiger partial charge in [0.05, 0.1) is 11.5 Å². The van der Waals surface area contributed by atoms with E-state index in [0.717, 1.165) is 0 Å². The predicted molar refractivity (Wildman–Crippen MR) is 92.0 cm³/mol. The number of non-ortho nitro benzene ring substituents is 1. The van der Waals surface area contributed by atoms with Gasteiger partial charge in [-0.15, -0.1) is 0 Å². The minimum atomic E-state index is -0.459. The topological polar surface area (TPSA) is 108 Å². The Morgan fingerprint density at radius 1 is 1.20 bits per heavy atom. The number of rotatable bonds is 6. The Morgan fingerprint density at radius 3 is 2.56 bits per heavy atom. The molecule has 2 N–H and O–H groups in total. The van der Waals surface area contributed by atoms with Crippen molar-refractivity contribution < 1.29 is 14.5 Å². The number of likely N-dealkylation sites (N-methyl/N-ethyl adjacent to an activating group) is 1. The van der Waals surface area contributed by atoms with Crippen LogP contribution in [0.1, 0.15) is 12.5 Å². The van der Waals surface area contributed by atoms with Crippen molar-refractivity contribution >= 4 is 17.6 Å². The number of nitro groups is 1. The molecule has 0 saturated carbocycles. The molecule has 3 amide bonds. The van der Waals surface area contributed by atoms with Crippen molar-refractivity contribution in [3.8, 4) is 0 Å². The van der Waals surface area contributed by atoms with Gasteiger partial charge in [-0.25, -0.2) is 4.79 Å². The number of amides is 3. The third-order valence-corrected chi connectivity index (χ3v) is 3.97. The van der Waals surface area contributed by atoms with Crippen molar-refractivity contribution in [1.82, 2.24) is 20.4 Å². The van der Waals surface area contributed by atoms with Gasteiger partial charge in [0, 0.05) is 51.4 Å². The maximum absolute atomic E-state index is 12.2. The number of carbonyl (C=O) groups excluding carboxylic acids is 2. The zero-order chi connectivity index (χ0) is 18.2. The van der Waals surface area contributed by atoms with Gasteiger partial charge in [-0.05, 0) is 12.5 Å². The highest BCUT2D eigenvalue weighted by atomic mass is 16.6. The lowest BCUT2D eigenvalue weighted by Crippen LogP contribution is -2.53. The highest BCUT2D eigenvalue weighted by Gasteiger charge is 2.22. The maximum atomic E-state index is 12.2. The van der Waals surface area contributed by atoms with Crippen LogP contribution in [0.4, 0.5) is 10.5 Å². The summed E-state index contributed by atoms with van der Waals surface area (Å²) in [6.45, 7) is 5.43. The van der Waals surface area contributed by atoms with E-state index in [4.69, 9.17) is 0 Å². The molecule has 136 valence electrons. The van der Waals surface area contributed by atoms with E-state index in [2.05, 4.69) is 10.6 Å². The van der Waals surface area contributed by atoms with Crippen molar-refractivity contribution in [2.45, 2.75) is 13.5 Å². The first-order valence-electron chi connectivity index (χ1n) is 8.24. The summed E-state index contributed by atoms with van der Waals surface area (Å²) in [6, 6.07) is 5.99. The quantitative estimate of drug-likeness (QED) is 0.576. The van der Waals surface area contributed by atoms with Gasteiger partial charge in [0.2, 0.25) is 5.91 Å². The lowest BCUT2D eigenvalue weighted by molar-refractivity contribution is -0.384. The van der Waals surface area contributed by atoms with Gasteiger partial charge in [0.25, 0.3) is 5.69 Å². The molecule has 25 heavy (non-hydrogen) atoms. The first-order chi connectivity index (χ1) is 12.0. The van der Waals surface area contributed by atoms with Crippen LogP contribution < -0.4 is 10.6 Å². The van der Waals surface area contributed by atoms with Crippen molar-refractivity contribution in [2.24, 2.45) is 0 Å². The van der Waals surface area contributed by atoms with E-state index in [-0.39, 0.29) is 24.2 Å². The number of carbonyl (C=O) groups is 2. The molecule has 1 heterocycles. The van der Waals surface area contributed by atoms with Crippen molar-refractivity contribution in [3.05, 3.63) is 39.9 Å². The number of benzene rings is 1. The van der Waals surface area contributed by atoms with Gasteiger partial charge in [0.15, 0.2) is 0 Å². The Balaban J connectivity index is 1.76. The smallest absolute Gasteiger partial charge is 0.317 e. The summed E-state index contributed by atoms with van der Waals surface area (Å²) in [5.41, 5.74) is 0.683. The number of hydrogen-bond donors (Lipinski definition) is 2. The second-order valence-electron chi connectivity index (χ2n) is 5.80. The summed E-state index contributed by atoms with van der Waals surface area (Å²) >= 11 is 0. The molecule has 1 aromatic carbocycles. The van der Waals surface area contributed by atoms with Crippen LogP contribution in [0.15, 0.2) is 24.3 Å². The van der Waals surface area contributed by atoms with E-state index in [1.807, 2.05) is 11.8 Å². The molecule has 0 bridgehead atoms. The summed E-state index contributed by atoms with van der Waals surface area (Å²) in [4.78, 5) is 37.8. The lowest BCUT2D eigenvalue weighted by atomic mass is 10.2. The van der Waals surface area contributed by atoms with Gasteiger partial charge >= 0.3 is 6.03 Å². The van der Waals surface area contributed by atoms with Crippen LogP contribution in [0.25, 0.3) is 0 Å². The Hall–Kier alpha value is -2.68. The number of piperazine rings is 1. The molecule has 0 atom stereocenters. The molecule has 0 unspecified atom stereocenters. The highest BCUT2D eigenvalue weighted by Crippen LogP contribution is 2.13. The normalized spacial score (nSPS) is 14.8. The van der Waals surface area contributed by atoms with Gasteiger partial charge in [-0.3, -0.25) is 19.8 Å². The van der Waals surface area contributed by atoms with E-state index < -0.39 is 4.92 Å². The van der Waals surface area contributed by atoms with Crippen LogP contribution in [-0.2, 0) is 11.3 Å². The zero-order valence-electron chi connectivity index (χ0n) is 14.2. The van der Waals surface area contributed by atoms with Crippen molar-refractivity contribution in [3.63, 3.8) is 0 Å². The van der Waals surface area contributed by atoms with E-state index in [1.54, 1.807) is 17.0 Å². The molecule has 9 nitrogen and oxygen atoms in total. The second kappa shape index (κ2) is 8.97. The van der Waals surface area contributed by atoms with Crippen LogP contribution in [-0.4, -0.2) is 65.9 Å². The monoisotopic (exact) mass is 349 g/mol. The number of urea groups is 1. The summed E-state index contributed by atoms with van der Waals surface area (Å²) < 4.78 is 0. The van der Waals surface area contributed by atoms with Crippen LogP contribution in [0.5, 0.6) is 0 Å². The van der Waals surface area contributed by atoms with Crippen molar-refractivity contribution in [2.75, 3.05) is 39.3 Å². The van der Waals surface area contributed by atoms with Gasteiger partial charge in [0.1, 0.15) is 0 Å². The minimum Gasteiger partial charge on any atom is -0.355 e. The molecule has 0 aromatic heterocycles. The molecular formula is C16H23N5O4. The molecule has 9 heteroatoms. The Labute approximate surface area is 146 Å². The molecule has 0 radical (unpaired) electrons. The van der Waals surface area contributed by atoms with E-state index >= 15 is 0 Å². The van der Waals surface area contributed by atoms with E-state index in [0.29, 0.717) is 44.8 Å². The molecule has 1 aliphatic rings. The number of hydrogen-bond acceptors (Lipinski definition) is 5. The molecule has 1 aromatic rings. The number of nitro benzene ring substituents is 1. The standard InChI is InChI=1S/C16H23N5O4/c1-2-17-15(22)12-19-6-8-20(9-7-19)16(23)18-11-13-4-3-5-14(10-13)21(24)25/h3-5,10H,2,6-9,11-12H2,1H3,(H,17,22)(H,18,23). The largest absolute Gasteiger partial charge is 0.355 e. The van der Waals surface area contributed by atoms with E-state index in [9.17, 15) is 19.7 Å². The molecule has 1 saturated heterocycles. The Kier molecular flexibility index (Phi) is 6.70. The van der Waals surface area contributed by atoms with Crippen LogP contribution in [0.3, 0.4) is 0 Å². The SMILES string of the molecule is CCNC(=O)CN1CCN(C(=O)NCc2cccc([N+](=O)[O-])c2)CC1. The average Bonchev–Trinajstić information content (AvgIpc) is 2.60. The average molecular weight is 349 g/mol. The lowest BCUT2D eigenvalue weighted by Gasteiger charge is -2.34. The molecule has 0 spiro atoms. The molecular weight excluding hydrogens is 326 g/mol.